The first-order valence-corrected chi connectivity index (χ1v) is 12.8. The van der Waals surface area contributed by atoms with Crippen molar-refractivity contribution in [1.29, 1.82) is 0 Å². The number of benzene rings is 2. The third-order valence-electron chi connectivity index (χ3n) is 7.53. The van der Waals surface area contributed by atoms with Gasteiger partial charge < -0.3 is 9.80 Å². The summed E-state index contributed by atoms with van der Waals surface area (Å²) in [5.74, 6) is 1.22. The van der Waals surface area contributed by atoms with E-state index in [1.54, 1.807) is 12.1 Å². The molecule has 1 aliphatic heterocycles. The standard InChI is InChI=1S/C29H39FN2O/c1-21(2)17-31-18-24(28(20-31)27-12-8-7-9-22(27)3)19-32(26-10-5-4-6-11-26)29(33)23-13-15-25(30)16-14-23/h7-9,12-16,21,24,26,28H,4-6,10-11,17-20H2,1-3H3/t24-,28+/m1/s1. The summed E-state index contributed by atoms with van der Waals surface area (Å²) in [5.41, 5.74) is 3.37. The van der Waals surface area contributed by atoms with Crippen LogP contribution in [0.1, 0.15) is 73.4 Å². The quantitative estimate of drug-likeness (QED) is 0.496. The van der Waals surface area contributed by atoms with E-state index in [1.807, 2.05) is 0 Å². The van der Waals surface area contributed by atoms with Gasteiger partial charge in [0.1, 0.15) is 5.82 Å². The molecule has 3 nitrogen and oxygen atoms in total. The monoisotopic (exact) mass is 450 g/mol. The Morgan fingerprint density at radius 1 is 1.03 bits per heavy atom. The Labute approximate surface area is 199 Å². The lowest BCUT2D eigenvalue weighted by Crippen LogP contribution is -2.45. The highest BCUT2D eigenvalue weighted by Crippen LogP contribution is 2.37. The number of hydrogen-bond donors (Lipinski definition) is 0. The van der Waals surface area contributed by atoms with Gasteiger partial charge in [-0.05, 0) is 67.0 Å². The van der Waals surface area contributed by atoms with Crippen molar-refractivity contribution in [2.45, 2.75) is 64.8 Å². The van der Waals surface area contributed by atoms with E-state index in [2.05, 4.69) is 54.8 Å². The van der Waals surface area contributed by atoms with E-state index in [0.717, 1.165) is 39.0 Å². The molecule has 0 N–H and O–H groups in total. The van der Waals surface area contributed by atoms with Crippen LogP contribution in [-0.2, 0) is 0 Å². The van der Waals surface area contributed by atoms with Crippen molar-refractivity contribution >= 4 is 5.91 Å². The maximum atomic E-state index is 13.7. The second-order valence-electron chi connectivity index (χ2n) is 10.6. The Morgan fingerprint density at radius 3 is 2.39 bits per heavy atom. The third kappa shape index (κ3) is 5.84. The molecule has 1 amide bonds. The second kappa shape index (κ2) is 10.8. The highest BCUT2D eigenvalue weighted by atomic mass is 19.1. The summed E-state index contributed by atoms with van der Waals surface area (Å²) in [6.07, 6.45) is 5.77. The summed E-state index contributed by atoms with van der Waals surface area (Å²) in [5, 5.41) is 0. The Kier molecular flexibility index (Phi) is 7.85. The van der Waals surface area contributed by atoms with E-state index >= 15 is 0 Å². The van der Waals surface area contributed by atoms with Crippen LogP contribution in [-0.4, -0.2) is 47.9 Å². The van der Waals surface area contributed by atoms with Gasteiger partial charge in [0.25, 0.3) is 5.91 Å². The molecule has 2 aromatic carbocycles. The SMILES string of the molecule is Cc1ccccc1[C@H]1CN(CC(C)C)C[C@@H]1CN(C(=O)c1ccc(F)cc1)C1CCCCC1. The highest BCUT2D eigenvalue weighted by molar-refractivity contribution is 5.94. The number of amides is 1. The molecule has 4 heteroatoms. The number of likely N-dealkylation sites (tertiary alicyclic amines) is 1. The van der Waals surface area contributed by atoms with Gasteiger partial charge in [0.15, 0.2) is 0 Å². The van der Waals surface area contributed by atoms with Gasteiger partial charge in [-0.2, -0.15) is 0 Å². The van der Waals surface area contributed by atoms with E-state index in [-0.39, 0.29) is 17.8 Å². The highest BCUT2D eigenvalue weighted by Gasteiger charge is 2.38. The van der Waals surface area contributed by atoms with Crippen molar-refractivity contribution in [3.05, 3.63) is 71.0 Å². The molecule has 0 aromatic heterocycles. The van der Waals surface area contributed by atoms with Crippen LogP contribution in [0.25, 0.3) is 0 Å². The third-order valence-corrected chi connectivity index (χ3v) is 7.53. The number of nitrogens with zero attached hydrogens (tertiary/aromatic N) is 2. The Hall–Kier alpha value is -2.20. The minimum absolute atomic E-state index is 0.0627. The molecule has 2 fully saturated rings. The molecule has 1 saturated carbocycles. The smallest absolute Gasteiger partial charge is 0.254 e. The van der Waals surface area contributed by atoms with Crippen LogP contribution in [0.15, 0.2) is 48.5 Å². The Balaban J connectivity index is 1.62. The van der Waals surface area contributed by atoms with Crippen molar-refractivity contribution in [1.82, 2.24) is 9.80 Å². The fourth-order valence-corrected chi connectivity index (χ4v) is 5.97. The number of aryl methyl sites for hydroxylation is 1. The Morgan fingerprint density at radius 2 is 1.73 bits per heavy atom. The van der Waals surface area contributed by atoms with E-state index in [9.17, 15) is 9.18 Å². The lowest BCUT2D eigenvalue weighted by molar-refractivity contribution is 0.0587. The first kappa shape index (κ1) is 23.9. The van der Waals surface area contributed by atoms with Crippen molar-refractivity contribution in [2.75, 3.05) is 26.2 Å². The average molecular weight is 451 g/mol. The Bertz CT molecular complexity index is 919. The molecule has 178 valence electrons. The van der Waals surface area contributed by atoms with Gasteiger partial charge in [0, 0.05) is 43.7 Å². The molecule has 0 radical (unpaired) electrons. The molecule has 0 bridgehead atoms. The predicted octanol–water partition coefficient (Wildman–Crippen LogP) is 6.28. The van der Waals surface area contributed by atoms with Gasteiger partial charge in [0.05, 0.1) is 0 Å². The molecule has 33 heavy (non-hydrogen) atoms. The number of carbonyl (C=O) groups excluding carboxylic acids is 1. The van der Waals surface area contributed by atoms with Crippen molar-refractivity contribution in [3.8, 4) is 0 Å². The van der Waals surface area contributed by atoms with Crippen molar-refractivity contribution in [2.24, 2.45) is 11.8 Å². The summed E-state index contributed by atoms with van der Waals surface area (Å²) >= 11 is 0. The van der Waals surface area contributed by atoms with E-state index in [1.165, 1.54) is 42.5 Å². The van der Waals surface area contributed by atoms with Crippen LogP contribution in [0.4, 0.5) is 4.39 Å². The number of rotatable bonds is 7. The maximum Gasteiger partial charge on any atom is 0.254 e. The molecule has 0 spiro atoms. The fourth-order valence-electron chi connectivity index (χ4n) is 5.97. The van der Waals surface area contributed by atoms with Crippen LogP contribution in [0.3, 0.4) is 0 Å². The molecule has 2 atom stereocenters. The van der Waals surface area contributed by atoms with Crippen LogP contribution in [0.2, 0.25) is 0 Å². The zero-order valence-corrected chi connectivity index (χ0v) is 20.5. The summed E-state index contributed by atoms with van der Waals surface area (Å²) in [4.78, 5) is 18.4. The first-order chi connectivity index (χ1) is 15.9. The van der Waals surface area contributed by atoms with E-state index in [4.69, 9.17) is 0 Å². The molecule has 0 unspecified atom stereocenters. The van der Waals surface area contributed by atoms with Crippen LogP contribution in [0.5, 0.6) is 0 Å². The number of hydrogen-bond acceptors (Lipinski definition) is 2. The lowest BCUT2D eigenvalue weighted by Gasteiger charge is -2.37. The van der Waals surface area contributed by atoms with Crippen LogP contribution < -0.4 is 0 Å². The summed E-state index contributed by atoms with van der Waals surface area (Å²) in [6, 6.07) is 15.1. The minimum Gasteiger partial charge on any atom is -0.335 e. The minimum atomic E-state index is -0.296. The normalized spacial score (nSPS) is 22.1. The van der Waals surface area contributed by atoms with E-state index in [0.29, 0.717) is 23.3 Å². The predicted molar refractivity (Wildman–Crippen MR) is 133 cm³/mol. The van der Waals surface area contributed by atoms with Gasteiger partial charge in [0.2, 0.25) is 0 Å². The van der Waals surface area contributed by atoms with Gasteiger partial charge in [-0.25, -0.2) is 4.39 Å². The van der Waals surface area contributed by atoms with Gasteiger partial charge in [-0.15, -0.1) is 0 Å². The first-order valence-electron chi connectivity index (χ1n) is 12.8. The van der Waals surface area contributed by atoms with Crippen molar-refractivity contribution < 1.29 is 9.18 Å². The van der Waals surface area contributed by atoms with E-state index < -0.39 is 0 Å². The largest absolute Gasteiger partial charge is 0.335 e. The number of carbonyl (C=O) groups is 1. The summed E-state index contributed by atoms with van der Waals surface area (Å²) in [6.45, 7) is 10.7. The van der Waals surface area contributed by atoms with Crippen LogP contribution >= 0.6 is 0 Å². The summed E-state index contributed by atoms with van der Waals surface area (Å²) < 4.78 is 13.5. The topological polar surface area (TPSA) is 23.6 Å². The molecule has 4 rings (SSSR count). The van der Waals surface area contributed by atoms with Crippen LogP contribution in [0, 0.1) is 24.6 Å². The summed E-state index contributed by atoms with van der Waals surface area (Å²) in [7, 11) is 0. The molecular formula is C29H39FN2O. The number of halogens is 1. The lowest BCUT2D eigenvalue weighted by atomic mass is 9.85. The fraction of sp³-hybridized carbons (Fsp3) is 0.552. The molecule has 1 heterocycles. The molecule has 1 saturated heterocycles. The molecule has 2 aliphatic rings. The average Bonchev–Trinajstić information content (AvgIpc) is 3.19. The van der Waals surface area contributed by atoms with Gasteiger partial charge in [-0.3, -0.25) is 4.79 Å². The van der Waals surface area contributed by atoms with Gasteiger partial charge in [-0.1, -0.05) is 57.4 Å². The maximum absolute atomic E-state index is 13.7. The zero-order chi connectivity index (χ0) is 23.4. The molecule has 1 aliphatic carbocycles. The molecule has 2 aromatic rings. The van der Waals surface area contributed by atoms with Crippen molar-refractivity contribution in [3.63, 3.8) is 0 Å². The van der Waals surface area contributed by atoms with Gasteiger partial charge >= 0.3 is 0 Å². The molecular weight excluding hydrogens is 411 g/mol. The second-order valence-corrected chi connectivity index (χ2v) is 10.6. The zero-order valence-electron chi connectivity index (χ0n) is 20.5.